The van der Waals surface area contributed by atoms with Crippen molar-refractivity contribution in [3.63, 3.8) is 0 Å². The van der Waals surface area contributed by atoms with Gasteiger partial charge in [-0.2, -0.15) is 4.31 Å². The Labute approximate surface area is 160 Å². The zero-order valence-corrected chi connectivity index (χ0v) is 16.5. The average molecular weight is 395 g/mol. The first-order valence-electron chi connectivity index (χ1n) is 8.46. The van der Waals surface area contributed by atoms with Crippen LogP contribution in [0.25, 0.3) is 0 Å². The van der Waals surface area contributed by atoms with Crippen LogP contribution in [0.5, 0.6) is 0 Å². The van der Waals surface area contributed by atoms with Gasteiger partial charge in [-0.05, 0) is 43.7 Å². The highest BCUT2D eigenvalue weighted by Gasteiger charge is 2.28. The Kier molecular flexibility index (Phi) is 7.20. The Bertz CT molecular complexity index is 820. The monoisotopic (exact) mass is 394 g/mol. The summed E-state index contributed by atoms with van der Waals surface area (Å²) in [5.41, 5.74) is 0.817. The van der Waals surface area contributed by atoms with Gasteiger partial charge in [0.2, 0.25) is 15.9 Å². The van der Waals surface area contributed by atoms with Crippen molar-refractivity contribution < 1.29 is 13.2 Å². The summed E-state index contributed by atoms with van der Waals surface area (Å²) in [6.07, 6.45) is 0. The lowest BCUT2D eigenvalue weighted by Crippen LogP contribution is -2.42. The molecule has 0 aliphatic rings. The zero-order chi connectivity index (χ0) is 19.2. The maximum absolute atomic E-state index is 13.1. The lowest BCUT2D eigenvalue weighted by Gasteiger charge is -2.26. The summed E-state index contributed by atoms with van der Waals surface area (Å²) in [6, 6.07) is 15.2. The fraction of sp³-hybridized carbons (Fsp3) is 0.316. The van der Waals surface area contributed by atoms with Gasteiger partial charge in [0, 0.05) is 24.7 Å². The van der Waals surface area contributed by atoms with Crippen LogP contribution in [0.2, 0.25) is 5.02 Å². The van der Waals surface area contributed by atoms with Gasteiger partial charge in [0.15, 0.2) is 0 Å². The minimum absolute atomic E-state index is 0.116. The quantitative estimate of drug-likeness (QED) is 0.689. The van der Waals surface area contributed by atoms with Crippen LogP contribution in [0.3, 0.4) is 0 Å². The van der Waals surface area contributed by atoms with Gasteiger partial charge in [0.25, 0.3) is 0 Å². The Morgan fingerprint density at radius 2 is 1.54 bits per heavy atom. The van der Waals surface area contributed by atoms with Crippen molar-refractivity contribution in [1.82, 2.24) is 9.21 Å². The number of sulfonamides is 1. The minimum Gasteiger partial charge on any atom is -0.342 e. The van der Waals surface area contributed by atoms with Crippen LogP contribution in [0.1, 0.15) is 19.4 Å². The number of carbonyl (C=O) groups excluding carboxylic acids is 1. The van der Waals surface area contributed by atoms with Crippen LogP contribution >= 0.6 is 11.6 Å². The summed E-state index contributed by atoms with van der Waals surface area (Å²) < 4.78 is 27.4. The fourth-order valence-electron chi connectivity index (χ4n) is 2.60. The summed E-state index contributed by atoms with van der Waals surface area (Å²) >= 11 is 5.87. The van der Waals surface area contributed by atoms with E-state index in [0.717, 1.165) is 5.56 Å². The van der Waals surface area contributed by atoms with E-state index < -0.39 is 10.0 Å². The van der Waals surface area contributed by atoms with E-state index >= 15 is 0 Å². The first-order chi connectivity index (χ1) is 12.4. The number of nitrogens with zero attached hydrogens (tertiary/aromatic N) is 2. The van der Waals surface area contributed by atoms with Gasteiger partial charge in [-0.1, -0.05) is 41.9 Å². The molecule has 0 unspecified atom stereocenters. The van der Waals surface area contributed by atoms with Gasteiger partial charge in [-0.3, -0.25) is 4.79 Å². The second-order valence-corrected chi connectivity index (χ2v) is 8.15. The highest BCUT2D eigenvalue weighted by atomic mass is 35.5. The van der Waals surface area contributed by atoms with E-state index in [2.05, 4.69) is 0 Å². The van der Waals surface area contributed by atoms with Crippen LogP contribution in [0.15, 0.2) is 59.5 Å². The van der Waals surface area contributed by atoms with E-state index in [1.807, 2.05) is 44.2 Å². The molecule has 2 aromatic rings. The highest BCUT2D eigenvalue weighted by molar-refractivity contribution is 7.89. The standard InChI is InChI=1S/C19H23ClN2O3S/c1-3-21(4-2)19(23)15-22(14-16-8-6-5-7-9-16)26(24,25)18-12-10-17(20)11-13-18/h5-13H,3-4,14-15H2,1-2H3. The third kappa shape index (κ3) is 5.06. The maximum Gasteiger partial charge on any atom is 0.243 e. The Morgan fingerprint density at radius 1 is 0.962 bits per heavy atom. The van der Waals surface area contributed by atoms with Gasteiger partial charge in [-0.25, -0.2) is 8.42 Å². The molecule has 1 amide bonds. The summed E-state index contributed by atoms with van der Waals surface area (Å²) in [5.74, 6) is -0.219. The van der Waals surface area contributed by atoms with E-state index in [1.165, 1.54) is 28.6 Å². The normalized spacial score (nSPS) is 11.5. The Balaban J connectivity index is 2.35. The summed E-state index contributed by atoms with van der Waals surface area (Å²) in [5, 5.41) is 0.456. The molecule has 140 valence electrons. The smallest absolute Gasteiger partial charge is 0.243 e. The lowest BCUT2D eigenvalue weighted by atomic mass is 10.2. The number of hydrogen-bond acceptors (Lipinski definition) is 3. The van der Waals surface area contributed by atoms with Gasteiger partial charge in [0.1, 0.15) is 0 Å². The van der Waals surface area contributed by atoms with Crippen LogP contribution in [-0.4, -0.2) is 43.2 Å². The van der Waals surface area contributed by atoms with Crippen molar-refractivity contribution in [2.75, 3.05) is 19.6 Å². The van der Waals surface area contributed by atoms with Gasteiger partial charge in [-0.15, -0.1) is 0 Å². The summed E-state index contributed by atoms with van der Waals surface area (Å²) in [4.78, 5) is 14.3. The van der Waals surface area contributed by atoms with E-state index in [-0.39, 0.29) is 23.9 Å². The van der Waals surface area contributed by atoms with E-state index in [9.17, 15) is 13.2 Å². The molecule has 7 heteroatoms. The number of hydrogen-bond donors (Lipinski definition) is 0. The molecule has 5 nitrogen and oxygen atoms in total. The molecule has 0 bridgehead atoms. The Hall–Kier alpha value is -1.89. The first kappa shape index (κ1) is 20.4. The minimum atomic E-state index is -3.83. The Morgan fingerprint density at radius 3 is 2.08 bits per heavy atom. The second kappa shape index (κ2) is 9.16. The van der Waals surface area contributed by atoms with E-state index in [0.29, 0.717) is 18.1 Å². The molecule has 2 rings (SSSR count). The SMILES string of the molecule is CCN(CC)C(=O)CN(Cc1ccccc1)S(=O)(=O)c1ccc(Cl)cc1. The van der Waals surface area contributed by atoms with Gasteiger partial charge < -0.3 is 4.90 Å². The second-order valence-electron chi connectivity index (χ2n) is 5.78. The fourth-order valence-corrected chi connectivity index (χ4v) is 4.10. The average Bonchev–Trinajstić information content (AvgIpc) is 2.63. The van der Waals surface area contributed by atoms with Gasteiger partial charge in [0.05, 0.1) is 11.4 Å². The number of carbonyl (C=O) groups is 1. The molecule has 0 aromatic heterocycles. The van der Waals surface area contributed by atoms with Crippen LogP contribution in [0, 0.1) is 0 Å². The molecular formula is C19H23ClN2O3S. The molecule has 0 saturated carbocycles. The molecule has 0 aliphatic heterocycles. The topological polar surface area (TPSA) is 57.7 Å². The third-order valence-corrected chi connectivity index (χ3v) is 6.14. The highest BCUT2D eigenvalue weighted by Crippen LogP contribution is 2.20. The molecular weight excluding hydrogens is 372 g/mol. The summed E-state index contributed by atoms with van der Waals surface area (Å²) in [6.45, 7) is 4.73. The lowest BCUT2D eigenvalue weighted by molar-refractivity contribution is -0.131. The number of benzene rings is 2. The zero-order valence-electron chi connectivity index (χ0n) is 14.9. The van der Waals surface area contributed by atoms with Crippen molar-refractivity contribution in [2.24, 2.45) is 0 Å². The van der Waals surface area contributed by atoms with Crippen LogP contribution < -0.4 is 0 Å². The third-order valence-electron chi connectivity index (χ3n) is 4.08. The predicted octanol–water partition coefficient (Wildman–Crippen LogP) is 3.40. The first-order valence-corrected chi connectivity index (χ1v) is 10.3. The van der Waals surface area contributed by atoms with Crippen molar-refractivity contribution in [2.45, 2.75) is 25.3 Å². The maximum atomic E-state index is 13.1. The number of rotatable bonds is 8. The number of likely N-dealkylation sites (N-methyl/N-ethyl adjacent to an activating group) is 1. The predicted molar refractivity (Wildman–Crippen MR) is 103 cm³/mol. The largest absolute Gasteiger partial charge is 0.342 e. The van der Waals surface area contributed by atoms with Crippen molar-refractivity contribution in [3.05, 3.63) is 65.2 Å². The molecule has 0 N–H and O–H groups in total. The van der Waals surface area contributed by atoms with Crippen molar-refractivity contribution in [1.29, 1.82) is 0 Å². The number of halogens is 1. The molecule has 0 heterocycles. The molecule has 0 spiro atoms. The molecule has 0 aliphatic carbocycles. The van der Waals surface area contributed by atoms with Crippen LogP contribution in [0.4, 0.5) is 0 Å². The van der Waals surface area contributed by atoms with Crippen LogP contribution in [-0.2, 0) is 21.4 Å². The molecule has 0 saturated heterocycles. The molecule has 0 atom stereocenters. The van der Waals surface area contributed by atoms with E-state index in [4.69, 9.17) is 11.6 Å². The van der Waals surface area contributed by atoms with E-state index in [1.54, 1.807) is 4.90 Å². The number of amides is 1. The van der Waals surface area contributed by atoms with Crippen molar-refractivity contribution in [3.8, 4) is 0 Å². The van der Waals surface area contributed by atoms with Gasteiger partial charge >= 0.3 is 0 Å². The summed E-state index contributed by atoms with van der Waals surface area (Å²) in [7, 11) is -3.83. The molecule has 2 aromatic carbocycles. The molecule has 0 fully saturated rings. The molecule has 26 heavy (non-hydrogen) atoms. The van der Waals surface area contributed by atoms with Crippen molar-refractivity contribution >= 4 is 27.5 Å². The molecule has 0 radical (unpaired) electrons.